The Bertz CT molecular complexity index is 513. The van der Waals surface area contributed by atoms with E-state index in [9.17, 15) is 14.4 Å². The number of anilines is 1. The molecule has 0 aliphatic carbocycles. The van der Waals surface area contributed by atoms with Gasteiger partial charge in [0.25, 0.3) is 0 Å². The standard InChI is InChI=1S/C12H12N2O4/c1-18-12(17)8-4-2-3-5-9(8)14-7-10(15)13-6-11(14)16/h2-5H,6-7H2,1H3,(H,13,15). The first kappa shape index (κ1) is 12.1. The van der Waals surface area contributed by atoms with Crippen LogP contribution in [0.5, 0.6) is 0 Å². The molecule has 0 aromatic heterocycles. The van der Waals surface area contributed by atoms with E-state index >= 15 is 0 Å². The number of amides is 2. The number of rotatable bonds is 2. The Labute approximate surface area is 104 Å². The average molecular weight is 248 g/mol. The minimum Gasteiger partial charge on any atom is -0.465 e. The van der Waals surface area contributed by atoms with E-state index in [-0.39, 0.29) is 30.5 Å². The number of benzene rings is 1. The number of ether oxygens (including phenoxy) is 1. The molecule has 6 nitrogen and oxygen atoms in total. The molecule has 0 bridgehead atoms. The van der Waals surface area contributed by atoms with Crippen LogP contribution in [-0.2, 0) is 14.3 Å². The van der Waals surface area contributed by atoms with Crippen molar-refractivity contribution in [2.75, 3.05) is 25.1 Å². The molecule has 1 N–H and O–H groups in total. The predicted molar refractivity (Wildman–Crippen MR) is 63.1 cm³/mol. The van der Waals surface area contributed by atoms with Gasteiger partial charge in [0.15, 0.2) is 0 Å². The highest BCUT2D eigenvalue weighted by atomic mass is 16.5. The van der Waals surface area contributed by atoms with Crippen molar-refractivity contribution >= 4 is 23.5 Å². The Kier molecular flexibility index (Phi) is 3.27. The van der Waals surface area contributed by atoms with Crippen LogP contribution in [0.4, 0.5) is 5.69 Å². The van der Waals surface area contributed by atoms with Crippen LogP contribution in [-0.4, -0.2) is 38.0 Å². The fraction of sp³-hybridized carbons (Fsp3) is 0.250. The Hall–Kier alpha value is -2.37. The van der Waals surface area contributed by atoms with Crippen LogP contribution in [0.3, 0.4) is 0 Å². The normalized spacial score (nSPS) is 15.3. The van der Waals surface area contributed by atoms with Crippen molar-refractivity contribution in [1.29, 1.82) is 0 Å². The zero-order chi connectivity index (χ0) is 13.1. The maximum atomic E-state index is 11.8. The van der Waals surface area contributed by atoms with Gasteiger partial charge in [0.2, 0.25) is 11.8 Å². The molecular weight excluding hydrogens is 236 g/mol. The van der Waals surface area contributed by atoms with Crippen LogP contribution in [0.15, 0.2) is 24.3 Å². The number of nitrogens with one attached hydrogen (secondary N) is 1. The summed E-state index contributed by atoms with van der Waals surface area (Å²) < 4.78 is 4.65. The molecule has 0 saturated carbocycles. The van der Waals surface area contributed by atoms with E-state index in [1.165, 1.54) is 12.0 Å². The minimum absolute atomic E-state index is 0.0612. The Morgan fingerprint density at radius 1 is 1.33 bits per heavy atom. The highest BCUT2D eigenvalue weighted by molar-refractivity contribution is 6.08. The van der Waals surface area contributed by atoms with Crippen molar-refractivity contribution in [2.24, 2.45) is 0 Å². The van der Waals surface area contributed by atoms with Crippen LogP contribution >= 0.6 is 0 Å². The number of para-hydroxylation sites is 1. The van der Waals surface area contributed by atoms with E-state index in [4.69, 9.17) is 0 Å². The molecule has 1 saturated heterocycles. The van der Waals surface area contributed by atoms with Gasteiger partial charge in [-0.3, -0.25) is 9.59 Å². The smallest absolute Gasteiger partial charge is 0.339 e. The minimum atomic E-state index is -0.538. The van der Waals surface area contributed by atoms with E-state index in [0.29, 0.717) is 5.69 Å². The molecule has 2 amide bonds. The van der Waals surface area contributed by atoms with Gasteiger partial charge in [0.05, 0.1) is 24.9 Å². The van der Waals surface area contributed by atoms with Crippen molar-refractivity contribution in [3.05, 3.63) is 29.8 Å². The summed E-state index contributed by atoms with van der Waals surface area (Å²) >= 11 is 0. The summed E-state index contributed by atoms with van der Waals surface area (Å²) in [6, 6.07) is 6.54. The summed E-state index contributed by atoms with van der Waals surface area (Å²) in [6.07, 6.45) is 0. The van der Waals surface area contributed by atoms with Crippen LogP contribution < -0.4 is 10.2 Å². The Balaban J connectivity index is 2.40. The summed E-state index contributed by atoms with van der Waals surface area (Å²) in [4.78, 5) is 36.0. The van der Waals surface area contributed by atoms with Gasteiger partial charge in [-0.15, -0.1) is 0 Å². The maximum Gasteiger partial charge on any atom is 0.339 e. The number of hydrogen-bond acceptors (Lipinski definition) is 4. The van der Waals surface area contributed by atoms with E-state index < -0.39 is 5.97 Å². The van der Waals surface area contributed by atoms with E-state index in [1.54, 1.807) is 24.3 Å². The number of hydrogen-bond donors (Lipinski definition) is 1. The van der Waals surface area contributed by atoms with Gasteiger partial charge in [0.1, 0.15) is 6.54 Å². The number of methoxy groups -OCH3 is 1. The summed E-state index contributed by atoms with van der Waals surface area (Å²) in [7, 11) is 1.27. The molecule has 1 aliphatic heterocycles. The molecule has 2 rings (SSSR count). The Morgan fingerprint density at radius 2 is 2.06 bits per heavy atom. The van der Waals surface area contributed by atoms with Crippen molar-refractivity contribution in [3.63, 3.8) is 0 Å². The molecule has 18 heavy (non-hydrogen) atoms. The first-order chi connectivity index (χ1) is 8.63. The molecule has 1 fully saturated rings. The SMILES string of the molecule is COC(=O)c1ccccc1N1CC(=O)NCC1=O. The number of carbonyl (C=O) groups excluding carboxylic acids is 3. The molecule has 0 atom stereocenters. The third kappa shape index (κ3) is 2.17. The van der Waals surface area contributed by atoms with Gasteiger partial charge in [-0.1, -0.05) is 12.1 Å². The molecule has 1 aliphatic rings. The van der Waals surface area contributed by atoms with Gasteiger partial charge in [-0.2, -0.15) is 0 Å². The van der Waals surface area contributed by atoms with Gasteiger partial charge >= 0.3 is 5.97 Å². The quantitative estimate of drug-likeness (QED) is 0.744. The zero-order valence-electron chi connectivity index (χ0n) is 9.80. The van der Waals surface area contributed by atoms with E-state index in [2.05, 4.69) is 10.1 Å². The van der Waals surface area contributed by atoms with Crippen molar-refractivity contribution in [2.45, 2.75) is 0 Å². The van der Waals surface area contributed by atoms with Crippen LogP contribution in [0.1, 0.15) is 10.4 Å². The van der Waals surface area contributed by atoms with Gasteiger partial charge in [0, 0.05) is 0 Å². The first-order valence-electron chi connectivity index (χ1n) is 5.38. The van der Waals surface area contributed by atoms with Crippen molar-refractivity contribution in [1.82, 2.24) is 5.32 Å². The van der Waals surface area contributed by atoms with Gasteiger partial charge in [-0.05, 0) is 12.1 Å². The van der Waals surface area contributed by atoms with E-state index in [0.717, 1.165) is 0 Å². The largest absolute Gasteiger partial charge is 0.465 e. The predicted octanol–water partition coefficient (Wildman–Crippen LogP) is -0.0640. The summed E-state index contributed by atoms with van der Waals surface area (Å²) in [6.45, 7) is -0.152. The number of piperazine rings is 1. The highest BCUT2D eigenvalue weighted by Gasteiger charge is 2.27. The lowest BCUT2D eigenvalue weighted by molar-refractivity contribution is -0.128. The average Bonchev–Trinajstić information content (AvgIpc) is 2.40. The van der Waals surface area contributed by atoms with Crippen LogP contribution in [0.25, 0.3) is 0 Å². The molecule has 1 aromatic rings. The summed E-state index contributed by atoms with van der Waals surface area (Å²) in [5.41, 5.74) is 0.659. The number of nitrogens with zero attached hydrogens (tertiary/aromatic N) is 1. The topological polar surface area (TPSA) is 75.7 Å². The third-order valence-corrected chi connectivity index (χ3v) is 2.64. The molecule has 1 aromatic carbocycles. The lowest BCUT2D eigenvalue weighted by Crippen LogP contribution is -2.52. The van der Waals surface area contributed by atoms with Crippen LogP contribution in [0, 0.1) is 0 Å². The number of carbonyl (C=O) groups is 3. The van der Waals surface area contributed by atoms with Gasteiger partial charge in [-0.25, -0.2) is 4.79 Å². The molecule has 6 heteroatoms. The zero-order valence-corrected chi connectivity index (χ0v) is 9.80. The first-order valence-corrected chi connectivity index (χ1v) is 5.38. The van der Waals surface area contributed by atoms with Crippen molar-refractivity contribution in [3.8, 4) is 0 Å². The van der Waals surface area contributed by atoms with Crippen molar-refractivity contribution < 1.29 is 19.1 Å². The second-order valence-corrected chi connectivity index (χ2v) is 3.77. The molecule has 0 spiro atoms. The monoisotopic (exact) mass is 248 g/mol. The van der Waals surface area contributed by atoms with Gasteiger partial charge < -0.3 is 15.0 Å². The Morgan fingerprint density at radius 3 is 2.78 bits per heavy atom. The highest BCUT2D eigenvalue weighted by Crippen LogP contribution is 2.22. The fourth-order valence-electron chi connectivity index (χ4n) is 1.77. The second-order valence-electron chi connectivity index (χ2n) is 3.77. The second kappa shape index (κ2) is 4.87. The molecule has 0 radical (unpaired) electrons. The third-order valence-electron chi connectivity index (χ3n) is 2.64. The van der Waals surface area contributed by atoms with E-state index in [1.807, 2.05) is 0 Å². The van der Waals surface area contributed by atoms with Crippen LogP contribution in [0.2, 0.25) is 0 Å². The molecule has 1 heterocycles. The lowest BCUT2D eigenvalue weighted by atomic mass is 10.1. The fourth-order valence-corrected chi connectivity index (χ4v) is 1.77. The molecular formula is C12H12N2O4. The summed E-state index contributed by atoms with van der Waals surface area (Å²) in [5, 5.41) is 2.45. The molecule has 94 valence electrons. The lowest BCUT2D eigenvalue weighted by Gasteiger charge is -2.27. The summed E-state index contributed by atoms with van der Waals surface area (Å²) in [5.74, 6) is -1.05. The number of esters is 1. The molecule has 0 unspecified atom stereocenters. The maximum absolute atomic E-state index is 11.8.